The van der Waals surface area contributed by atoms with E-state index in [1.165, 1.54) is 0 Å². The highest BCUT2D eigenvalue weighted by Gasteiger charge is 2.24. The van der Waals surface area contributed by atoms with Crippen LogP contribution < -0.4 is 14.8 Å². The zero-order valence-corrected chi connectivity index (χ0v) is 14.8. The molecule has 2 N–H and O–H groups in total. The van der Waals surface area contributed by atoms with Gasteiger partial charge in [-0.15, -0.1) is 0 Å². The number of ether oxygens (including phenoxy) is 2. The van der Waals surface area contributed by atoms with Crippen molar-refractivity contribution in [3.05, 3.63) is 23.8 Å². The van der Waals surface area contributed by atoms with Crippen LogP contribution in [0.5, 0.6) is 11.5 Å². The van der Waals surface area contributed by atoms with E-state index in [0.717, 1.165) is 12.8 Å². The molecule has 0 bridgehead atoms. The Bertz CT molecular complexity index is 556. The van der Waals surface area contributed by atoms with Gasteiger partial charge in [-0.1, -0.05) is 27.7 Å². The van der Waals surface area contributed by atoms with Crippen molar-refractivity contribution in [2.24, 2.45) is 5.92 Å². The van der Waals surface area contributed by atoms with Crippen LogP contribution in [0, 0.1) is 5.92 Å². The maximum Gasteiger partial charge on any atom is 0.326 e. The second-order valence-corrected chi connectivity index (χ2v) is 5.89. The number of carboxylic acid groups (broad SMARTS) is 1. The van der Waals surface area contributed by atoms with Crippen molar-refractivity contribution in [1.82, 2.24) is 5.32 Å². The maximum atomic E-state index is 12.3. The van der Waals surface area contributed by atoms with Gasteiger partial charge in [0.2, 0.25) is 0 Å². The third kappa shape index (κ3) is 5.76. The minimum Gasteiger partial charge on any atom is -0.490 e. The van der Waals surface area contributed by atoms with Crippen molar-refractivity contribution in [1.29, 1.82) is 0 Å². The van der Waals surface area contributed by atoms with Crippen LogP contribution >= 0.6 is 0 Å². The molecule has 24 heavy (non-hydrogen) atoms. The van der Waals surface area contributed by atoms with Crippen molar-refractivity contribution >= 4 is 11.9 Å². The first-order chi connectivity index (χ1) is 11.4. The predicted molar refractivity (Wildman–Crippen MR) is 91.7 cm³/mol. The second kappa shape index (κ2) is 9.80. The lowest BCUT2D eigenvalue weighted by Gasteiger charge is -2.18. The zero-order chi connectivity index (χ0) is 18.1. The molecule has 1 atom stereocenters. The lowest BCUT2D eigenvalue weighted by Crippen LogP contribution is -2.44. The Hall–Kier alpha value is -2.24. The zero-order valence-electron chi connectivity index (χ0n) is 14.8. The molecule has 1 aromatic carbocycles. The smallest absolute Gasteiger partial charge is 0.326 e. The molecule has 6 nitrogen and oxygen atoms in total. The Morgan fingerprint density at radius 2 is 1.67 bits per heavy atom. The molecule has 0 spiro atoms. The molecule has 0 heterocycles. The number of carboxylic acids is 1. The Balaban J connectivity index is 2.97. The SMILES string of the molecule is CCCOc1ccc(C(=O)N[C@H](C(=O)O)C(C)C)cc1OCCC. The topological polar surface area (TPSA) is 84.9 Å². The third-order valence-electron chi connectivity index (χ3n) is 3.35. The summed E-state index contributed by atoms with van der Waals surface area (Å²) in [4.78, 5) is 23.6. The number of benzene rings is 1. The molecule has 0 fully saturated rings. The van der Waals surface area contributed by atoms with E-state index in [1.54, 1.807) is 32.0 Å². The van der Waals surface area contributed by atoms with E-state index in [0.29, 0.717) is 30.3 Å². The largest absolute Gasteiger partial charge is 0.490 e. The summed E-state index contributed by atoms with van der Waals surface area (Å²) in [5.74, 6) is -0.632. The summed E-state index contributed by atoms with van der Waals surface area (Å²) in [6.07, 6.45) is 1.70. The Morgan fingerprint density at radius 3 is 2.17 bits per heavy atom. The van der Waals surface area contributed by atoms with Crippen molar-refractivity contribution in [2.45, 2.75) is 46.6 Å². The van der Waals surface area contributed by atoms with E-state index in [-0.39, 0.29) is 5.92 Å². The summed E-state index contributed by atoms with van der Waals surface area (Å²) < 4.78 is 11.3. The van der Waals surface area contributed by atoms with E-state index < -0.39 is 17.9 Å². The van der Waals surface area contributed by atoms with E-state index in [9.17, 15) is 14.7 Å². The highest BCUT2D eigenvalue weighted by Crippen LogP contribution is 2.29. The van der Waals surface area contributed by atoms with Gasteiger partial charge in [0.05, 0.1) is 13.2 Å². The number of rotatable bonds is 10. The predicted octanol–water partition coefficient (Wildman–Crippen LogP) is 3.10. The highest BCUT2D eigenvalue weighted by molar-refractivity contribution is 5.97. The molecule has 0 aliphatic carbocycles. The van der Waals surface area contributed by atoms with Crippen LogP contribution in [0.3, 0.4) is 0 Å². The Kier molecular flexibility index (Phi) is 8.09. The lowest BCUT2D eigenvalue weighted by molar-refractivity contribution is -0.140. The van der Waals surface area contributed by atoms with Gasteiger partial charge in [-0.3, -0.25) is 4.79 Å². The number of aliphatic carboxylic acids is 1. The van der Waals surface area contributed by atoms with Gasteiger partial charge in [-0.05, 0) is 37.0 Å². The van der Waals surface area contributed by atoms with Gasteiger partial charge in [0, 0.05) is 5.56 Å². The van der Waals surface area contributed by atoms with Crippen LogP contribution in [0.25, 0.3) is 0 Å². The highest BCUT2D eigenvalue weighted by atomic mass is 16.5. The molecule has 0 aliphatic heterocycles. The van der Waals surface area contributed by atoms with Crippen LogP contribution in [0.1, 0.15) is 50.9 Å². The second-order valence-electron chi connectivity index (χ2n) is 5.89. The number of hydrogen-bond acceptors (Lipinski definition) is 4. The summed E-state index contributed by atoms with van der Waals surface area (Å²) in [5.41, 5.74) is 0.344. The molecule has 134 valence electrons. The van der Waals surface area contributed by atoms with Crippen LogP contribution in [0.2, 0.25) is 0 Å². The van der Waals surface area contributed by atoms with Crippen LogP contribution in [0.4, 0.5) is 0 Å². The number of carbonyl (C=O) groups is 2. The average Bonchev–Trinajstić information content (AvgIpc) is 2.55. The first-order valence-electron chi connectivity index (χ1n) is 8.34. The summed E-state index contributed by atoms with van der Waals surface area (Å²) in [7, 11) is 0. The van der Waals surface area contributed by atoms with E-state index in [1.807, 2.05) is 13.8 Å². The normalized spacial score (nSPS) is 11.9. The number of nitrogens with one attached hydrogen (secondary N) is 1. The fourth-order valence-electron chi connectivity index (χ4n) is 2.04. The number of hydrogen-bond donors (Lipinski definition) is 2. The number of carbonyl (C=O) groups excluding carboxylic acids is 1. The molecule has 0 radical (unpaired) electrons. The van der Waals surface area contributed by atoms with E-state index >= 15 is 0 Å². The summed E-state index contributed by atoms with van der Waals surface area (Å²) >= 11 is 0. The first-order valence-corrected chi connectivity index (χ1v) is 8.34. The average molecular weight is 337 g/mol. The van der Waals surface area contributed by atoms with Crippen LogP contribution in [0.15, 0.2) is 18.2 Å². The molecule has 1 rings (SSSR count). The Morgan fingerprint density at radius 1 is 1.08 bits per heavy atom. The third-order valence-corrected chi connectivity index (χ3v) is 3.35. The quantitative estimate of drug-likeness (QED) is 0.685. The molecular formula is C18H27NO5. The summed E-state index contributed by atoms with van der Waals surface area (Å²) in [5, 5.41) is 11.7. The molecule has 0 unspecified atom stereocenters. The monoisotopic (exact) mass is 337 g/mol. The Labute approximate surface area is 143 Å². The van der Waals surface area contributed by atoms with Crippen LogP contribution in [-0.2, 0) is 4.79 Å². The summed E-state index contributed by atoms with van der Waals surface area (Å²) in [6, 6.07) is 3.95. The molecule has 1 aromatic rings. The molecule has 0 aliphatic rings. The molecule has 0 saturated carbocycles. The van der Waals surface area contributed by atoms with Gasteiger partial charge >= 0.3 is 5.97 Å². The van der Waals surface area contributed by atoms with Crippen molar-refractivity contribution in [2.75, 3.05) is 13.2 Å². The standard InChI is InChI=1S/C18H27NO5/c1-5-9-23-14-8-7-13(11-15(14)24-10-6-2)17(20)19-16(12(3)4)18(21)22/h7-8,11-12,16H,5-6,9-10H2,1-4H3,(H,19,20)(H,21,22)/t16-/m0/s1. The van der Waals surface area contributed by atoms with Gasteiger partial charge in [0.25, 0.3) is 5.91 Å². The van der Waals surface area contributed by atoms with Gasteiger partial charge in [0.15, 0.2) is 11.5 Å². The van der Waals surface area contributed by atoms with E-state index in [4.69, 9.17) is 9.47 Å². The van der Waals surface area contributed by atoms with E-state index in [2.05, 4.69) is 5.32 Å². The van der Waals surface area contributed by atoms with Crippen LogP contribution in [-0.4, -0.2) is 36.2 Å². The van der Waals surface area contributed by atoms with Gasteiger partial charge in [0.1, 0.15) is 6.04 Å². The fraction of sp³-hybridized carbons (Fsp3) is 0.556. The molecule has 1 amide bonds. The lowest BCUT2D eigenvalue weighted by atomic mass is 10.0. The van der Waals surface area contributed by atoms with Crippen molar-refractivity contribution < 1.29 is 24.2 Å². The van der Waals surface area contributed by atoms with Gasteiger partial charge in [-0.2, -0.15) is 0 Å². The fourth-order valence-corrected chi connectivity index (χ4v) is 2.04. The summed E-state index contributed by atoms with van der Waals surface area (Å²) in [6.45, 7) is 8.56. The van der Waals surface area contributed by atoms with Gasteiger partial charge < -0.3 is 19.9 Å². The maximum absolute atomic E-state index is 12.3. The molecular weight excluding hydrogens is 310 g/mol. The number of amides is 1. The molecule has 0 aromatic heterocycles. The minimum absolute atomic E-state index is 0.213. The minimum atomic E-state index is -1.05. The molecule has 6 heteroatoms. The molecule has 0 saturated heterocycles. The van der Waals surface area contributed by atoms with Gasteiger partial charge in [-0.25, -0.2) is 4.79 Å². The van der Waals surface area contributed by atoms with Crippen molar-refractivity contribution in [3.63, 3.8) is 0 Å². The van der Waals surface area contributed by atoms with Crippen molar-refractivity contribution in [3.8, 4) is 11.5 Å². The first kappa shape index (κ1) is 19.8.